The van der Waals surface area contributed by atoms with Crippen LogP contribution >= 0.6 is 0 Å². The lowest BCUT2D eigenvalue weighted by molar-refractivity contribution is 0.296. The second-order valence-electron chi connectivity index (χ2n) is 8.54. The van der Waals surface area contributed by atoms with E-state index < -0.39 is 0 Å². The molecule has 2 heteroatoms. The summed E-state index contributed by atoms with van der Waals surface area (Å²) in [5.74, 6) is 0.940. The third kappa shape index (κ3) is 5.24. The molecule has 0 spiro atoms. The van der Waals surface area contributed by atoms with Gasteiger partial charge < -0.3 is 10.6 Å². The highest BCUT2D eigenvalue weighted by atomic mass is 15.2. The van der Waals surface area contributed by atoms with Crippen LogP contribution in [-0.2, 0) is 5.41 Å². The SMILES string of the molecule is CCN(c1ccc(C(C)(C)C)cc1)C1CCC(CCCCN)CC1. The summed E-state index contributed by atoms with van der Waals surface area (Å²) in [5, 5.41) is 0. The quantitative estimate of drug-likeness (QED) is 0.669. The second-order valence-corrected chi connectivity index (χ2v) is 8.54. The van der Waals surface area contributed by atoms with Gasteiger partial charge >= 0.3 is 0 Å². The molecular weight excluding hydrogens is 292 g/mol. The van der Waals surface area contributed by atoms with Crippen molar-refractivity contribution >= 4 is 5.69 Å². The molecule has 0 amide bonds. The Balaban J connectivity index is 1.92. The third-order valence-electron chi connectivity index (χ3n) is 5.73. The minimum atomic E-state index is 0.233. The van der Waals surface area contributed by atoms with Gasteiger partial charge in [-0.25, -0.2) is 0 Å². The van der Waals surface area contributed by atoms with E-state index in [4.69, 9.17) is 5.73 Å². The van der Waals surface area contributed by atoms with E-state index in [-0.39, 0.29) is 5.41 Å². The first-order chi connectivity index (χ1) is 11.5. The Morgan fingerprint density at radius 3 is 2.12 bits per heavy atom. The highest BCUT2D eigenvalue weighted by Gasteiger charge is 2.25. The van der Waals surface area contributed by atoms with Crippen LogP contribution in [-0.4, -0.2) is 19.1 Å². The van der Waals surface area contributed by atoms with E-state index in [0.29, 0.717) is 0 Å². The van der Waals surface area contributed by atoms with Gasteiger partial charge in [-0.15, -0.1) is 0 Å². The van der Waals surface area contributed by atoms with Crippen molar-refractivity contribution in [3.05, 3.63) is 29.8 Å². The summed E-state index contributed by atoms with van der Waals surface area (Å²) < 4.78 is 0. The largest absolute Gasteiger partial charge is 0.369 e. The van der Waals surface area contributed by atoms with Gasteiger partial charge in [-0.2, -0.15) is 0 Å². The highest BCUT2D eigenvalue weighted by Crippen LogP contribution is 2.33. The molecule has 136 valence electrons. The van der Waals surface area contributed by atoms with Crippen LogP contribution in [0.25, 0.3) is 0 Å². The fourth-order valence-corrected chi connectivity index (χ4v) is 4.13. The molecule has 1 saturated carbocycles. The fourth-order valence-electron chi connectivity index (χ4n) is 4.13. The van der Waals surface area contributed by atoms with Crippen molar-refractivity contribution in [2.75, 3.05) is 18.0 Å². The lowest BCUT2D eigenvalue weighted by Crippen LogP contribution is -2.38. The molecule has 0 unspecified atom stereocenters. The number of hydrogen-bond donors (Lipinski definition) is 1. The molecule has 24 heavy (non-hydrogen) atoms. The molecule has 2 rings (SSSR count). The smallest absolute Gasteiger partial charge is 0.0368 e. The number of hydrogen-bond acceptors (Lipinski definition) is 2. The van der Waals surface area contributed by atoms with Crippen LogP contribution in [0.15, 0.2) is 24.3 Å². The number of unbranched alkanes of at least 4 members (excludes halogenated alkanes) is 1. The zero-order valence-electron chi connectivity index (χ0n) is 16.4. The van der Waals surface area contributed by atoms with Crippen LogP contribution in [0.2, 0.25) is 0 Å². The lowest BCUT2D eigenvalue weighted by atomic mass is 9.82. The predicted octanol–water partition coefficient (Wildman–Crippen LogP) is 5.50. The van der Waals surface area contributed by atoms with Crippen LogP contribution in [0.1, 0.15) is 78.2 Å². The normalized spacial score (nSPS) is 21.7. The molecule has 2 N–H and O–H groups in total. The summed E-state index contributed by atoms with van der Waals surface area (Å²) in [6.45, 7) is 11.1. The summed E-state index contributed by atoms with van der Waals surface area (Å²) in [7, 11) is 0. The minimum absolute atomic E-state index is 0.233. The molecule has 0 saturated heterocycles. The zero-order valence-corrected chi connectivity index (χ0v) is 16.4. The van der Waals surface area contributed by atoms with Crippen molar-refractivity contribution in [3.8, 4) is 0 Å². The fraction of sp³-hybridized carbons (Fsp3) is 0.727. The van der Waals surface area contributed by atoms with Crippen LogP contribution in [0.3, 0.4) is 0 Å². The molecule has 0 aromatic heterocycles. The zero-order chi connectivity index (χ0) is 17.6. The van der Waals surface area contributed by atoms with E-state index in [2.05, 4.69) is 56.9 Å². The van der Waals surface area contributed by atoms with Gasteiger partial charge in [0, 0.05) is 18.3 Å². The van der Waals surface area contributed by atoms with E-state index in [1.807, 2.05) is 0 Å². The first-order valence-corrected chi connectivity index (χ1v) is 10.0. The first kappa shape index (κ1) is 19.3. The van der Waals surface area contributed by atoms with Gasteiger partial charge in [-0.05, 0) is 74.6 Å². The van der Waals surface area contributed by atoms with Crippen molar-refractivity contribution in [1.82, 2.24) is 0 Å². The van der Waals surface area contributed by atoms with Crippen molar-refractivity contribution in [2.24, 2.45) is 11.7 Å². The maximum absolute atomic E-state index is 5.62. The van der Waals surface area contributed by atoms with Gasteiger partial charge in [0.25, 0.3) is 0 Å². The molecule has 0 radical (unpaired) electrons. The number of nitrogens with two attached hydrogens (primary N) is 1. The van der Waals surface area contributed by atoms with Gasteiger partial charge in [-0.3, -0.25) is 0 Å². The Hall–Kier alpha value is -1.02. The standard InChI is InChI=1S/C22H38N2/c1-5-24(21-15-11-19(12-16-21)22(2,3)4)20-13-9-18(10-14-20)8-6-7-17-23/h11-12,15-16,18,20H,5-10,13-14,17,23H2,1-4H3. The van der Waals surface area contributed by atoms with Crippen molar-refractivity contribution < 1.29 is 0 Å². The van der Waals surface area contributed by atoms with Gasteiger partial charge in [0.05, 0.1) is 0 Å². The number of benzene rings is 1. The minimum Gasteiger partial charge on any atom is -0.369 e. The maximum Gasteiger partial charge on any atom is 0.0368 e. The molecule has 1 aliphatic rings. The molecule has 0 bridgehead atoms. The Labute approximate surface area is 149 Å². The van der Waals surface area contributed by atoms with Gasteiger partial charge in [0.2, 0.25) is 0 Å². The highest BCUT2D eigenvalue weighted by molar-refractivity contribution is 5.49. The van der Waals surface area contributed by atoms with E-state index in [1.165, 1.54) is 56.2 Å². The van der Waals surface area contributed by atoms with E-state index in [0.717, 1.165) is 25.0 Å². The predicted molar refractivity (Wildman–Crippen MR) is 107 cm³/mol. The van der Waals surface area contributed by atoms with Crippen molar-refractivity contribution in [2.45, 2.75) is 84.1 Å². The van der Waals surface area contributed by atoms with E-state index in [9.17, 15) is 0 Å². The average Bonchev–Trinajstić information content (AvgIpc) is 2.57. The second kappa shape index (κ2) is 8.89. The third-order valence-corrected chi connectivity index (χ3v) is 5.73. The summed E-state index contributed by atoms with van der Waals surface area (Å²) in [6.07, 6.45) is 9.39. The van der Waals surface area contributed by atoms with Gasteiger partial charge in [0.15, 0.2) is 0 Å². The van der Waals surface area contributed by atoms with Crippen LogP contribution in [0.4, 0.5) is 5.69 Å². The van der Waals surface area contributed by atoms with E-state index in [1.54, 1.807) is 0 Å². The van der Waals surface area contributed by atoms with Gasteiger partial charge in [-0.1, -0.05) is 45.7 Å². The maximum atomic E-state index is 5.62. The number of rotatable bonds is 7. The van der Waals surface area contributed by atoms with Crippen LogP contribution < -0.4 is 10.6 Å². The molecule has 0 aliphatic heterocycles. The van der Waals surface area contributed by atoms with Crippen LogP contribution in [0, 0.1) is 5.92 Å². The Morgan fingerprint density at radius 2 is 1.62 bits per heavy atom. The summed E-state index contributed by atoms with van der Waals surface area (Å²) >= 11 is 0. The molecule has 1 aliphatic carbocycles. The molecule has 1 aromatic carbocycles. The summed E-state index contributed by atoms with van der Waals surface area (Å²) in [6, 6.07) is 10.0. The lowest BCUT2D eigenvalue weighted by Gasteiger charge is -2.38. The summed E-state index contributed by atoms with van der Waals surface area (Å²) in [5.41, 5.74) is 8.67. The Bertz CT molecular complexity index is 464. The molecule has 0 heterocycles. The van der Waals surface area contributed by atoms with Gasteiger partial charge in [0.1, 0.15) is 0 Å². The monoisotopic (exact) mass is 330 g/mol. The van der Waals surface area contributed by atoms with Crippen molar-refractivity contribution in [3.63, 3.8) is 0 Å². The first-order valence-electron chi connectivity index (χ1n) is 10.0. The topological polar surface area (TPSA) is 29.3 Å². The molecule has 1 fully saturated rings. The Kier molecular flexibility index (Phi) is 7.16. The van der Waals surface area contributed by atoms with Crippen LogP contribution in [0.5, 0.6) is 0 Å². The summed E-state index contributed by atoms with van der Waals surface area (Å²) in [4.78, 5) is 2.63. The molecule has 2 nitrogen and oxygen atoms in total. The Morgan fingerprint density at radius 1 is 1.00 bits per heavy atom. The number of nitrogens with zero attached hydrogens (tertiary/aromatic N) is 1. The molecule has 0 atom stereocenters. The van der Waals surface area contributed by atoms with Crippen molar-refractivity contribution in [1.29, 1.82) is 0 Å². The average molecular weight is 331 g/mol. The van der Waals surface area contributed by atoms with E-state index >= 15 is 0 Å². The molecule has 1 aromatic rings. The molecular formula is C22H38N2. The number of anilines is 1.